The van der Waals surface area contributed by atoms with Gasteiger partial charge in [0.2, 0.25) is 0 Å². The second kappa shape index (κ2) is 6.78. The van der Waals surface area contributed by atoms with E-state index < -0.39 is 0 Å². The minimum atomic E-state index is 0.680. The Kier molecular flexibility index (Phi) is 5.66. The maximum Gasteiger partial charge on any atom is 0.131 e. The Bertz CT molecular complexity index is 364. The SMILES string of the molecule is CCN(CC)c1c(CNCC(C)C)c(C)nn1C. The van der Waals surface area contributed by atoms with Crippen LogP contribution in [0.3, 0.4) is 0 Å². The minimum absolute atomic E-state index is 0.680. The summed E-state index contributed by atoms with van der Waals surface area (Å²) >= 11 is 0. The fourth-order valence-electron chi connectivity index (χ4n) is 2.30. The van der Waals surface area contributed by atoms with Gasteiger partial charge in [-0.1, -0.05) is 13.8 Å². The molecule has 0 spiro atoms. The summed E-state index contributed by atoms with van der Waals surface area (Å²) in [6.45, 7) is 14.9. The Labute approximate surface area is 111 Å². The van der Waals surface area contributed by atoms with Crippen molar-refractivity contribution in [3.05, 3.63) is 11.3 Å². The number of rotatable bonds is 7. The lowest BCUT2D eigenvalue weighted by Gasteiger charge is -2.23. The maximum atomic E-state index is 4.56. The van der Waals surface area contributed by atoms with Crippen LogP contribution in [0, 0.1) is 12.8 Å². The van der Waals surface area contributed by atoms with Crippen molar-refractivity contribution in [2.75, 3.05) is 24.5 Å². The molecule has 0 aromatic carbocycles. The van der Waals surface area contributed by atoms with Crippen LogP contribution < -0.4 is 10.2 Å². The van der Waals surface area contributed by atoms with Crippen LogP contribution in [0.5, 0.6) is 0 Å². The first kappa shape index (κ1) is 15.0. The Hall–Kier alpha value is -1.03. The van der Waals surface area contributed by atoms with E-state index in [0.29, 0.717) is 5.92 Å². The number of hydrogen-bond donors (Lipinski definition) is 1. The third kappa shape index (κ3) is 3.48. The van der Waals surface area contributed by atoms with Crippen molar-refractivity contribution in [2.45, 2.75) is 41.2 Å². The van der Waals surface area contributed by atoms with E-state index in [1.165, 1.54) is 11.4 Å². The summed E-state index contributed by atoms with van der Waals surface area (Å²) in [6, 6.07) is 0. The van der Waals surface area contributed by atoms with E-state index >= 15 is 0 Å². The molecule has 4 nitrogen and oxygen atoms in total. The molecule has 0 fully saturated rings. The summed E-state index contributed by atoms with van der Waals surface area (Å²) in [4.78, 5) is 2.37. The topological polar surface area (TPSA) is 33.1 Å². The zero-order valence-corrected chi connectivity index (χ0v) is 12.7. The van der Waals surface area contributed by atoms with Gasteiger partial charge in [0, 0.05) is 32.2 Å². The molecule has 0 amide bonds. The quantitative estimate of drug-likeness (QED) is 0.808. The average molecular weight is 252 g/mol. The minimum Gasteiger partial charge on any atom is -0.357 e. The summed E-state index contributed by atoms with van der Waals surface area (Å²) < 4.78 is 2.01. The molecule has 4 heteroatoms. The van der Waals surface area contributed by atoms with Gasteiger partial charge >= 0.3 is 0 Å². The Morgan fingerprint density at radius 3 is 2.39 bits per heavy atom. The summed E-state index contributed by atoms with van der Waals surface area (Å²) in [6.07, 6.45) is 0. The molecule has 0 atom stereocenters. The molecular formula is C14H28N4. The molecule has 1 aromatic heterocycles. The Balaban J connectivity index is 2.88. The number of hydrogen-bond acceptors (Lipinski definition) is 3. The van der Waals surface area contributed by atoms with Crippen molar-refractivity contribution < 1.29 is 0 Å². The number of nitrogens with zero attached hydrogens (tertiary/aromatic N) is 3. The van der Waals surface area contributed by atoms with Crippen LogP contribution in [-0.2, 0) is 13.6 Å². The molecule has 1 rings (SSSR count). The third-order valence-corrected chi connectivity index (χ3v) is 3.23. The van der Waals surface area contributed by atoms with E-state index in [2.05, 4.69) is 49.9 Å². The summed E-state index contributed by atoms with van der Waals surface area (Å²) in [5.41, 5.74) is 2.47. The molecular weight excluding hydrogens is 224 g/mol. The fourth-order valence-corrected chi connectivity index (χ4v) is 2.30. The average Bonchev–Trinajstić information content (AvgIpc) is 2.57. The lowest BCUT2D eigenvalue weighted by atomic mass is 10.2. The molecule has 0 aliphatic rings. The van der Waals surface area contributed by atoms with Crippen molar-refractivity contribution >= 4 is 5.82 Å². The van der Waals surface area contributed by atoms with Crippen LogP contribution in [0.1, 0.15) is 39.0 Å². The normalized spacial score (nSPS) is 11.3. The molecule has 0 saturated heterocycles. The molecule has 104 valence electrons. The molecule has 0 bridgehead atoms. The van der Waals surface area contributed by atoms with E-state index in [1.807, 2.05) is 11.7 Å². The van der Waals surface area contributed by atoms with Gasteiger partial charge in [-0.05, 0) is 33.2 Å². The monoisotopic (exact) mass is 252 g/mol. The summed E-state index contributed by atoms with van der Waals surface area (Å²) in [5, 5.41) is 8.08. The first-order valence-electron chi connectivity index (χ1n) is 6.99. The largest absolute Gasteiger partial charge is 0.357 e. The van der Waals surface area contributed by atoms with Crippen LogP contribution in [0.2, 0.25) is 0 Å². The van der Waals surface area contributed by atoms with E-state index in [4.69, 9.17) is 0 Å². The predicted molar refractivity (Wildman–Crippen MR) is 78.1 cm³/mol. The molecule has 0 radical (unpaired) electrons. The van der Waals surface area contributed by atoms with Crippen molar-refractivity contribution in [3.8, 4) is 0 Å². The molecule has 0 unspecified atom stereocenters. The highest BCUT2D eigenvalue weighted by atomic mass is 15.4. The van der Waals surface area contributed by atoms with Crippen LogP contribution in [0.25, 0.3) is 0 Å². The third-order valence-electron chi connectivity index (χ3n) is 3.23. The van der Waals surface area contributed by atoms with Crippen LogP contribution in [-0.4, -0.2) is 29.4 Å². The van der Waals surface area contributed by atoms with Gasteiger partial charge < -0.3 is 10.2 Å². The highest BCUT2D eigenvalue weighted by molar-refractivity contribution is 5.50. The van der Waals surface area contributed by atoms with Crippen molar-refractivity contribution in [1.29, 1.82) is 0 Å². The molecule has 1 aromatic rings. The van der Waals surface area contributed by atoms with E-state index in [1.54, 1.807) is 0 Å². The van der Waals surface area contributed by atoms with Crippen molar-refractivity contribution in [1.82, 2.24) is 15.1 Å². The number of nitrogens with one attached hydrogen (secondary N) is 1. The Morgan fingerprint density at radius 1 is 1.28 bits per heavy atom. The van der Waals surface area contributed by atoms with Gasteiger partial charge in [0.1, 0.15) is 5.82 Å². The molecule has 0 saturated carbocycles. The van der Waals surface area contributed by atoms with Gasteiger partial charge in [0.05, 0.1) is 5.69 Å². The maximum absolute atomic E-state index is 4.56. The lowest BCUT2D eigenvalue weighted by molar-refractivity contribution is 0.551. The van der Waals surface area contributed by atoms with E-state index in [9.17, 15) is 0 Å². The van der Waals surface area contributed by atoms with Gasteiger partial charge in [-0.2, -0.15) is 5.10 Å². The molecule has 1 heterocycles. The van der Waals surface area contributed by atoms with Gasteiger partial charge in [-0.25, -0.2) is 0 Å². The molecule has 1 N–H and O–H groups in total. The predicted octanol–water partition coefficient (Wildman–Crippen LogP) is 2.32. The van der Waals surface area contributed by atoms with Gasteiger partial charge in [-0.3, -0.25) is 4.68 Å². The van der Waals surface area contributed by atoms with Crippen molar-refractivity contribution in [2.24, 2.45) is 13.0 Å². The fraction of sp³-hybridized carbons (Fsp3) is 0.786. The van der Waals surface area contributed by atoms with Crippen LogP contribution in [0.15, 0.2) is 0 Å². The highest BCUT2D eigenvalue weighted by Gasteiger charge is 2.16. The summed E-state index contributed by atoms with van der Waals surface area (Å²) in [7, 11) is 2.03. The molecule has 18 heavy (non-hydrogen) atoms. The number of anilines is 1. The van der Waals surface area contributed by atoms with Crippen molar-refractivity contribution in [3.63, 3.8) is 0 Å². The highest BCUT2D eigenvalue weighted by Crippen LogP contribution is 2.22. The first-order valence-corrected chi connectivity index (χ1v) is 6.99. The van der Waals surface area contributed by atoms with Gasteiger partial charge in [0.15, 0.2) is 0 Å². The second-order valence-corrected chi connectivity index (χ2v) is 5.21. The van der Waals surface area contributed by atoms with Crippen LogP contribution in [0.4, 0.5) is 5.82 Å². The summed E-state index contributed by atoms with van der Waals surface area (Å²) in [5.74, 6) is 1.94. The smallest absolute Gasteiger partial charge is 0.131 e. The zero-order chi connectivity index (χ0) is 13.7. The first-order chi connectivity index (χ1) is 8.51. The van der Waals surface area contributed by atoms with E-state index in [0.717, 1.165) is 31.9 Å². The van der Waals surface area contributed by atoms with Gasteiger partial charge in [0.25, 0.3) is 0 Å². The molecule has 0 aliphatic carbocycles. The number of aryl methyl sites for hydroxylation is 2. The standard InChI is InChI=1S/C14H28N4/c1-7-18(8-2)14-13(10-15-9-11(3)4)12(5)16-17(14)6/h11,15H,7-10H2,1-6H3. The lowest BCUT2D eigenvalue weighted by Crippen LogP contribution is -2.27. The van der Waals surface area contributed by atoms with Crippen LogP contribution >= 0.6 is 0 Å². The Morgan fingerprint density at radius 2 is 1.89 bits per heavy atom. The molecule has 0 aliphatic heterocycles. The zero-order valence-electron chi connectivity index (χ0n) is 12.7. The second-order valence-electron chi connectivity index (χ2n) is 5.21. The number of aromatic nitrogens is 2. The van der Waals surface area contributed by atoms with E-state index in [-0.39, 0.29) is 0 Å². The van der Waals surface area contributed by atoms with Gasteiger partial charge in [-0.15, -0.1) is 0 Å².